The predicted octanol–water partition coefficient (Wildman–Crippen LogP) is 1.04. The Morgan fingerprint density at radius 1 is 1.16 bits per heavy atom. The fraction of sp³-hybridized carbons (Fsp3) is 0.471. The van der Waals surface area contributed by atoms with E-state index >= 15 is 0 Å². The van der Waals surface area contributed by atoms with Gasteiger partial charge in [0.15, 0.2) is 0 Å². The first kappa shape index (κ1) is 17.1. The maximum Gasteiger partial charge on any atom is 0.255 e. The summed E-state index contributed by atoms with van der Waals surface area (Å²) in [5, 5.41) is 10.4. The molecule has 3 rings (SSSR count). The first-order valence-corrected chi connectivity index (χ1v) is 8.45. The summed E-state index contributed by atoms with van der Waals surface area (Å²) in [7, 11) is 0. The second kappa shape index (κ2) is 7.42. The Morgan fingerprint density at radius 3 is 2.40 bits per heavy atom. The van der Waals surface area contributed by atoms with Crippen molar-refractivity contribution in [2.75, 3.05) is 13.1 Å². The normalized spacial score (nSPS) is 15.4. The molecule has 2 aromatic rings. The monoisotopic (exact) mass is 342 g/mol. The van der Waals surface area contributed by atoms with Gasteiger partial charge in [0.1, 0.15) is 18.5 Å². The van der Waals surface area contributed by atoms with Crippen molar-refractivity contribution >= 4 is 11.8 Å². The number of aromatic nitrogens is 4. The Labute approximate surface area is 146 Å². The van der Waals surface area contributed by atoms with Gasteiger partial charge in [0.05, 0.1) is 5.56 Å². The van der Waals surface area contributed by atoms with Crippen molar-refractivity contribution < 1.29 is 9.59 Å². The molecule has 0 radical (unpaired) electrons. The van der Waals surface area contributed by atoms with Crippen LogP contribution in [0, 0.1) is 5.92 Å². The zero-order valence-electron chi connectivity index (χ0n) is 14.4. The molecule has 2 amide bonds. The highest BCUT2D eigenvalue weighted by Crippen LogP contribution is 2.19. The van der Waals surface area contributed by atoms with Crippen LogP contribution in [0.15, 0.2) is 31.0 Å². The number of hydrogen-bond donors (Lipinski definition) is 1. The van der Waals surface area contributed by atoms with Gasteiger partial charge in [-0.25, -0.2) is 4.98 Å². The molecule has 1 aliphatic rings. The van der Waals surface area contributed by atoms with Gasteiger partial charge in [0.25, 0.3) is 5.91 Å². The fourth-order valence-electron chi connectivity index (χ4n) is 2.91. The van der Waals surface area contributed by atoms with Gasteiger partial charge in [-0.05, 0) is 38.8 Å². The summed E-state index contributed by atoms with van der Waals surface area (Å²) in [6, 6.07) is 3.66. The molecule has 132 valence electrons. The Balaban J connectivity index is 1.58. The van der Waals surface area contributed by atoms with E-state index in [1.807, 2.05) is 13.8 Å². The average molecular weight is 342 g/mol. The van der Waals surface area contributed by atoms with E-state index in [-0.39, 0.29) is 23.8 Å². The number of pyridine rings is 1. The molecule has 2 aromatic heterocycles. The van der Waals surface area contributed by atoms with Gasteiger partial charge in [0, 0.05) is 31.2 Å². The Kier molecular flexibility index (Phi) is 5.06. The summed E-state index contributed by atoms with van der Waals surface area (Å²) in [4.78, 5) is 30.7. The van der Waals surface area contributed by atoms with Crippen LogP contribution in [0.5, 0.6) is 0 Å². The van der Waals surface area contributed by atoms with Crippen LogP contribution in [0.1, 0.15) is 37.0 Å². The first-order chi connectivity index (χ1) is 12.0. The SMILES string of the molecule is CC(C)NC(=O)C1CCN(C(=O)c2ccc(-n3cnnc3)nc2)CC1. The number of carbonyl (C=O) groups is 2. The first-order valence-electron chi connectivity index (χ1n) is 8.45. The number of nitrogens with zero attached hydrogens (tertiary/aromatic N) is 5. The molecule has 8 nitrogen and oxygen atoms in total. The van der Waals surface area contributed by atoms with Gasteiger partial charge in [-0.3, -0.25) is 14.2 Å². The summed E-state index contributed by atoms with van der Waals surface area (Å²) in [6.07, 6.45) is 6.05. The lowest BCUT2D eigenvalue weighted by atomic mass is 9.95. The molecule has 1 aliphatic heterocycles. The van der Waals surface area contributed by atoms with Gasteiger partial charge in [-0.2, -0.15) is 0 Å². The fourth-order valence-corrected chi connectivity index (χ4v) is 2.91. The second-order valence-corrected chi connectivity index (χ2v) is 6.50. The van der Waals surface area contributed by atoms with Gasteiger partial charge < -0.3 is 10.2 Å². The quantitative estimate of drug-likeness (QED) is 0.896. The molecule has 1 N–H and O–H groups in total. The summed E-state index contributed by atoms with van der Waals surface area (Å²) in [6.45, 7) is 5.07. The molecule has 0 atom stereocenters. The zero-order chi connectivity index (χ0) is 17.8. The molecule has 0 unspecified atom stereocenters. The lowest BCUT2D eigenvalue weighted by Gasteiger charge is -2.31. The number of nitrogens with one attached hydrogen (secondary N) is 1. The van der Waals surface area contributed by atoms with E-state index in [0.29, 0.717) is 37.3 Å². The molecule has 0 aliphatic carbocycles. The zero-order valence-corrected chi connectivity index (χ0v) is 14.4. The summed E-state index contributed by atoms with van der Waals surface area (Å²) in [5.74, 6) is 0.680. The van der Waals surface area contributed by atoms with Crippen LogP contribution in [0.4, 0.5) is 0 Å². The third kappa shape index (κ3) is 4.01. The highest BCUT2D eigenvalue weighted by atomic mass is 16.2. The third-order valence-corrected chi connectivity index (χ3v) is 4.26. The van der Waals surface area contributed by atoms with Crippen LogP contribution in [-0.4, -0.2) is 55.6 Å². The molecular formula is C17H22N6O2. The number of carbonyl (C=O) groups excluding carboxylic acids is 2. The van der Waals surface area contributed by atoms with E-state index in [1.54, 1.807) is 40.5 Å². The maximum atomic E-state index is 12.6. The Hall–Kier alpha value is -2.77. The van der Waals surface area contributed by atoms with Crippen LogP contribution in [0.25, 0.3) is 5.82 Å². The topological polar surface area (TPSA) is 93.0 Å². The number of piperidine rings is 1. The largest absolute Gasteiger partial charge is 0.354 e. The third-order valence-electron chi connectivity index (χ3n) is 4.26. The average Bonchev–Trinajstić information content (AvgIpc) is 3.15. The van der Waals surface area contributed by atoms with Gasteiger partial charge in [0.2, 0.25) is 5.91 Å². The Bertz CT molecular complexity index is 718. The van der Waals surface area contributed by atoms with Crippen LogP contribution >= 0.6 is 0 Å². The molecule has 0 saturated carbocycles. The minimum absolute atomic E-state index is 0.0132. The number of rotatable bonds is 4. The van der Waals surface area contributed by atoms with E-state index < -0.39 is 0 Å². The van der Waals surface area contributed by atoms with Crippen LogP contribution in [-0.2, 0) is 4.79 Å². The van der Waals surface area contributed by atoms with Crippen molar-refractivity contribution in [3.8, 4) is 5.82 Å². The van der Waals surface area contributed by atoms with Crippen molar-refractivity contribution in [3.63, 3.8) is 0 Å². The van der Waals surface area contributed by atoms with Crippen molar-refractivity contribution in [2.45, 2.75) is 32.7 Å². The van der Waals surface area contributed by atoms with Gasteiger partial charge in [-0.15, -0.1) is 10.2 Å². The van der Waals surface area contributed by atoms with Crippen LogP contribution < -0.4 is 5.32 Å². The smallest absolute Gasteiger partial charge is 0.255 e. The van der Waals surface area contributed by atoms with Crippen molar-refractivity contribution in [1.29, 1.82) is 0 Å². The molecule has 25 heavy (non-hydrogen) atoms. The summed E-state index contributed by atoms with van der Waals surface area (Å²) < 4.78 is 1.67. The van der Waals surface area contributed by atoms with E-state index in [1.165, 1.54) is 0 Å². The van der Waals surface area contributed by atoms with E-state index in [4.69, 9.17) is 0 Å². The van der Waals surface area contributed by atoms with Gasteiger partial charge in [-0.1, -0.05) is 0 Å². The number of amides is 2. The number of likely N-dealkylation sites (tertiary alicyclic amines) is 1. The van der Waals surface area contributed by atoms with Crippen molar-refractivity contribution in [1.82, 2.24) is 30.0 Å². The van der Waals surface area contributed by atoms with Crippen LogP contribution in [0.2, 0.25) is 0 Å². The molecule has 1 fully saturated rings. The maximum absolute atomic E-state index is 12.6. The van der Waals surface area contributed by atoms with Crippen LogP contribution in [0.3, 0.4) is 0 Å². The van der Waals surface area contributed by atoms with E-state index in [9.17, 15) is 9.59 Å². The predicted molar refractivity (Wildman–Crippen MR) is 91.1 cm³/mol. The van der Waals surface area contributed by atoms with Crippen molar-refractivity contribution in [2.24, 2.45) is 5.92 Å². The minimum atomic E-state index is -0.0504. The molecule has 1 saturated heterocycles. The number of hydrogen-bond acceptors (Lipinski definition) is 5. The molecule has 0 aromatic carbocycles. The van der Waals surface area contributed by atoms with E-state index in [2.05, 4.69) is 20.5 Å². The minimum Gasteiger partial charge on any atom is -0.354 e. The summed E-state index contributed by atoms with van der Waals surface area (Å²) >= 11 is 0. The van der Waals surface area contributed by atoms with E-state index in [0.717, 1.165) is 0 Å². The summed E-state index contributed by atoms with van der Waals surface area (Å²) in [5.41, 5.74) is 0.543. The van der Waals surface area contributed by atoms with Crippen molar-refractivity contribution in [3.05, 3.63) is 36.5 Å². The molecule has 0 bridgehead atoms. The molecule has 0 spiro atoms. The highest BCUT2D eigenvalue weighted by molar-refractivity contribution is 5.94. The standard InChI is InChI=1S/C17H22N6O2/c1-12(2)21-16(24)13-5-7-22(8-6-13)17(25)14-3-4-15(18-9-14)23-10-19-20-11-23/h3-4,9-13H,5-8H2,1-2H3,(H,21,24). The second-order valence-electron chi connectivity index (χ2n) is 6.50. The lowest BCUT2D eigenvalue weighted by Crippen LogP contribution is -2.44. The lowest BCUT2D eigenvalue weighted by molar-refractivity contribution is -0.126. The molecule has 3 heterocycles. The van der Waals surface area contributed by atoms with Gasteiger partial charge >= 0.3 is 0 Å². The Morgan fingerprint density at radius 2 is 1.84 bits per heavy atom. The highest BCUT2D eigenvalue weighted by Gasteiger charge is 2.28. The molecular weight excluding hydrogens is 320 g/mol. The molecule has 8 heteroatoms.